The lowest BCUT2D eigenvalue weighted by Crippen LogP contribution is -2.43. The van der Waals surface area contributed by atoms with Gasteiger partial charge in [-0.1, -0.05) is 70.9 Å². The molecule has 0 spiro atoms. The van der Waals surface area contributed by atoms with Gasteiger partial charge in [0.15, 0.2) is 0 Å². The molecule has 1 atom stereocenters. The third-order valence-electron chi connectivity index (χ3n) is 6.31. The quantitative estimate of drug-likeness (QED) is 0.279. The first-order valence-electron chi connectivity index (χ1n) is 10.9. The van der Waals surface area contributed by atoms with Crippen molar-refractivity contribution in [1.82, 2.24) is 9.47 Å². The fraction of sp³-hybridized carbons (Fsp3) is 0.280. The van der Waals surface area contributed by atoms with Crippen molar-refractivity contribution in [1.29, 1.82) is 0 Å². The van der Waals surface area contributed by atoms with Gasteiger partial charge in [0.2, 0.25) is 5.91 Å². The van der Waals surface area contributed by atoms with E-state index in [9.17, 15) is 9.59 Å². The van der Waals surface area contributed by atoms with Crippen molar-refractivity contribution in [3.8, 4) is 0 Å². The van der Waals surface area contributed by atoms with Gasteiger partial charge in [-0.05, 0) is 48.4 Å². The topological polar surface area (TPSA) is 54.3 Å². The number of nitrogens with zero attached hydrogens (tertiary/aromatic N) is 2. The van der Waals surface area contributed by atoms with Gasteiger partial charge in [-0.2, -0.15) is 0 Å². The number of benzene rings is 3. The van der Waals surface area contributed by atoms with Crippen molar-refractivity contribution >= 4 is 67.1 Å². The lowest BCUT2D eigenvalue weighted by atomic mass is 9.96. The summed E-state index contributed by atoms with van der Waals surface area (Å²) >= 11 is 14.0. The average molecular weight is 500 g/mol. The summed E-state index contributed by atoms with van der Waals surface area (Å²) in [6.45, 7) is 1.28. The van der Waals surface area contributed by atoms with E-state index in [1.54, 1.807) is 12.1 Å². The van der Waals surface area contributed by atoms with E-state index in [-0.39, 0.29) is 28.7 Å². The van der Waals surface area contributed by atoms with Gasteiger partial charge < -0.3 is 10.2 Å². The van der Waals surface area contributed by atoms with Crippen molar-refractivity contribution in [2.24, 2.45) is 5.92 Å². The van der Waals surface area contributed by atoms with E-state index in [1.165, 1.54) is 9.95 Å². The molecule has 8 heteroatoms. The average Bonchev–Trinajstić information content (AvgIpc) is 3.13. The lowest BCUT2D eigenvalue weighted by molar-refractivity contribution is -0.133. The van der Waals surface area contributed by atoms with Crippen LogP contribution in [0.4, 0.5) is 5.69 Å². The van der Waals surface area contributed by atoms with E-state index < -0.39 is 0 Å². The van der Waals surface area contributed by atoms with Crippen molar-refractivity contribution in [2.75, 3.05) is 18.4 Å². The Balaban J connectivity index is 1.22. The van der Waals surface area contributed by atoms with Crippen LogP contribution in [-0.2, 0) is 11.3 Å². The summed E-state index contributed by atoms with van der Waals surface area (Å²) in [7, 11) is 0. The van der Waals surface area contributed by atoms with Crippen LogP contribution in [0, 0.1) is 5.92 Å². The van der Waals surface area contributed by atoms with Crippen LogP contribution in [0.25, 0.3) is 21.0 Å². The number of nitrogens with one attached hydrogen (secondary N) is 1. The van der Waals surface area contributed by atoms with Gasteiger partial charge in [-0.25, -0.2) is 0 Å². The van der Waals surface area contributed by atoms with Gasteiger partial charge in [0.05, 0.1) is 10.2 Å². The zero-order valence-electron chi connectivity index (χ0n) is 17.8. The molecule has 1 unspecified atom stereocenters. The minimum absolute atomic E-state index is 0.0302. The highest BCUT2D eigenvalue weighted by molar-refractivity contribution is 7.16. The van der Waals surface area contributed by atoms with E-state index in [4.69, 9.17) is 23.2 Å². The minimum atomic E-state index is -0.223. The van der Waals surface area contributed by atoms with Crippen LogP contribution in [0.1, 0.15) is 12.8 Å². The standard InChI is InChI=1S/C25H23Cl2N3O2S/c26-18-8-9-22-21(14-18)30(25(32)33-22)15-23(31)29-12-10-17(11-13-29)24(27)28-20-7-3-5-16-4-1-2-6-19(16)20/h1-9,14,17,24,28H,10-13,15H2. The highest BCUT2D eigenvalue weighted by atomic mass is 35.5. The normalized spacial score (nSPS) is 15.8. The molecule has 5 rings (SSSR count). The van der Waals surface area contributed by atoms with Gasteiger partial charge in [-0.3, -0.25) is 14.2 Å². The predicted molar refractivity (Wildman–Crippen MR) is 138 cm³/mol. The van der Waals surface area contributed by atoms with Gasteiger partial charge in [0.1, 0.15) is 12.0 Å². The Morgan fingerprint density at radius 1 is 1.09 bits per heavy atom. The van der Waals surface area contributed by atoms with Crippen LogP contribution in [0.15, 0.2) is 65.5 Å². The SMILES string of the molecule is O=C(Cn1c(=O)sc2ccc(Cl)cc21)N1CCC(C(Cl)Nc2cccc3ccccc23)CC1. The van der Waals surface area contributed by atoms with E-state index in [0.29, 0.717) is 23.6 Å². The zero-order valence-corrected chi connectivity index (χ0v) is 20.2. The van der Waals surface area contributed by atoms with Crippen molar-refractivity contribution in [3.63, 3.8) is 0 Å². The number of likely N-dealkylation sites (tertiary alicyclic amines) is 1. The Morgan fingerprint density at radius 3 is 2.67 bits per heavy atom. The van der Waals surface area contributed by atoms with E-state index in [2.05, 4.69) is 23.5 Å². The zero-order chi connectivity index (χ0) is 22.9. The maximum Gasteiger partial charge on any atom is 0.308 e. The summed E-state index contributed by atoms with van der Waals surface area (Å²) in [6.07, 6.45) is 1.62. The third-order valence-corrected chi connectivity index (χ3v) is 7.97. The van der Waals surface area contributed by atoms with Gasteiger partial charge in [0.25, 0.3) is 0 Å². The summed E-state index contributed by atoms with van der Waals surface area (Å²) in [5, 5.41) is 6.34. The summed E-state index contributed by atoms with van der Waals surface area (Å²) in [6, 6.07) is 19.7. The number of anilines is 1. The number of amides is 1. The van der Waals surface area contributed by atoms with Crippen LogP contribution in [0.2, 0.25) is 5.02 Å². The predicted octanol–water partition coefficient (Wildman–Crippen LogP) is 5.79. The fourth-order valence-electron chi connectivity index (χ4n) is 4.48. The first kappa shape index (κ1) is 22.3. The van der Waals surface area contributed by atoms with Gasteiger partial charge >= 0.3 is 4.87 Å². The highest BCUT2D eigenvalue weighted by Gasteiger charge is 2.28. The molecule has 0 radical (unpaired) electrons. The monoisotopic (exact) mass is 499 g/mol. The van der Waals surface area contributed by atoms with Crippen LogP contribution in [0.5, 0.6) is 0 Å². The van der Waals surface area contributed by atoms with Crippen LogP contribution in [-0.4, -0.2) is 34.0 Å². The Bertz CT molecular complexity index is 1370. The second-order valence-corrected chi connectivity index (χ2v) is 10.3. The molecule has 3 aromatic carbocycles. The molecule has 0 saturated carbocycles. The number of halogens is 2. The lowest BCUT2D eigenvalue weighted by Gasteiger charge is -2.34. The maximum absolute atomic E-state index is 12.9. The van der Waals surface area contributed by atoms with Crippen LogP contribution < -0.4 is 10.2 Å². The van der Waals surface area contributed by atoms with E-state index in [1.807, 2.05) is 35.2 Å². The Morgan fingerprint density at radius 2 is 1.85 bits per heavy atom. The van der Waals surface area contributed by atoms with E-state index >= 15 is 0 Å². The molecule has 5 nitrogen and oxygen atoms in total. The summed E-state index contributed by atoms with van der Waals surface area (Å²) < 4.78 is 2.35. The molecule has 4 aromatic rings. The van der Waals surface area contributed by atoms with Crippen molar-refractivity contribution < 1.29 is 4.79 Å². The molecule has 1 aromatic heterocycles. The molecular formula is C25H23Cl2N3O2S. The molecular weight excluding hydrogens is 477 g/mol. The highest BCUT2D eigenvalue weighted by Crippen LogP contribution is 2.30. The maximum atomic E-state index is 12.9. The Kier molecular flexibility index (Phi) is 6.32. The number of aromatic nitrogens is 1. The third kappa shape index (κ3) is 4.60. The largest absolute Gasteiger partial charge is 0.368 e. The number of carbonyl (C=O) groups excluding carboxylic acids is 1. The number of rotatable bonds is 5. The first-order chi connectivity index (χ1) is 16.0. The molecule has 170 valence electrons. The van der Waals surface area contributed by atoms with Crippen molar-refractivity contribution in [3.05, 3.63) is 75.4 Å². The van der Waals surface area contributed by atoms with Crippen LogP contribution >= 0.6 is 34.5 Å². The van der Waals surface area contributed by atoms with E-state index in [0.717, 1.165) is 40.0 Å². The summed E-state index contributed by atoms with van der Waals surface area (Å²) in [5.41, 5.74) is 1.51. The second-order valence-electron chi connectivity index (χ2n) is 8.36. The minimum Gasteiger partial charge on any atom is -0.368 e. The first-order valence-corrected chi connectivity index (χ1v) is 12.6. The molecule has 1 aliphatic rings. The summed E-state index contributed by atoms with van der Waals surface area (Å²) in [4.78, 5) is 27.1. The molecule has 33 heavy (non-hydrogen) atoms. The second kappa shape index (κ2) is 9.37. The molecule has 0 bridgehead atoms. The molecule has 1 amide bonds. The molecule has 0 aliphatic carbocycles. The van der Waals surface area contributed by atoms with Gasteiger partial charge in [0, 0.05) is 29.2 Å². The van der Waals surface area contributed by atoms with Gasteiger partial charge in [-0.15, -0.1) is 0 Å². The molecule has 1 N–H and O–H groups in total. The Labute approximate surface area is 205 Å². The molecule has 1 aliphatic heterocycles. The number of hydrogen-bond donors (Lipinski definition) is 1. The number of hydrogen-bond acceptors (Lipinski definition) is 4. The summed E-state index contributed by atoms with van der Waals surface area (Å²) in [5.74, 6) is 0.196. The Hall–Kier alpha value is -2.54. The molecule has 1 saturated heterocycles. The fourth-order valence-corrected chi connectivity index (χ4v) is 5.89. The number of fused-ring (bicyclic) bond motifs is 2. The molecule has 2 heterocycles. The number of thiazole rings is 1. The van der Waals surface area contributed by atoms with Crippen LogP contribution in [0.3, 0.4) is 0 Å². The number of alkyl halides is 1. The van der Waals surface area contributed by atoms with Crippen molar-refractivity contribution in [2.45, 2.75) is 24.9 Å². The smallest absolute Gasteiger partial charge is 0.308 e. The molecule has 1 fully saturated rings. The number of piperidine rings is 1. The number of carbonyl (C=O) groups is 1.